The third-order valence-corrected chi connectivity index (χ3v) is 4.13. The monoisotopic (exact) mass is 374 g/mol. The number of hydrogen-bond acceptors (Lipinski definition) is 0. The van der Waals surface area contributed by atoms with Gasteiger partial charge in [-0.25, -0.2) is 0 Å². The summed E-state index contributed by atoms with van der Waals surface area (Å²) in [5.74, 6) is 0. The van der Waals surface area contributed by atoms with Crippen LogP contribution in [0.1, 0.15) is 5.56 Å². The van der Waals surface area contributed by atoms with E-state index < -0.39 is 0 Å². The zero-order valence-electron chi connectivity index (χ0n) is 5.07. The van der Waals surface area contributed by atoms with Crippen molar-refractivity contribution < 1.29 is 0 Å². The quantitative estimate of drug-likeness (QED) is 0.511. The van der Waals surface area contributed by atoms with Crippen LogP contribution in [0.2, 0.25) is 0 Å². The lowest BCUT2D eigenvalue weighted by Crippen LogP contribution is -1.79. The number of hydrogen-bond donors (Lipinski definition) is 0. The first-order valence-corrected chi connectivity index (χ1v) is 5.85. The van der Waals surface area contributed by atoms with E-state index in [1.165, 1.54) is 10.0 Å². The van der Waals surface area contributed by atoms with Crippen LogP contribution in [0.3, 0.4) is 0 Å². The van der Waals surface area contributed by atoms with Crippen molar-refractivity contribution in [3.8, 4) is 0 Å². The first-order chi connectivity index (χ1) is 4.75. The molecule has 0 atom stereocenters. The minimum Gasteiger partial charge on any atom is -0.0811 e. The number of benzene rings is 1. The Morgan fingerprint density at radius 1 is 1.30 bits per heavy atom. The molecule has 0 radical (unpaired) electrons. The van der Waals surface area contributed by atoms with E-state index in [4.69, 9.17) is 0 Å². The van der Waals surface area contributed by atoms with Crippen molar-refractivity contribution in [1.29, 1.82) is 0 Å². The summed E-state index contributed by atoms with van der Waals surface area (Å²) < 4.78 is 3.34. The summed E-state index contributed by atoms with van der Waals surface area (Å²) in [5, 5.41) is 0. The Kier molecular flexibility index (Phi) is 3.66. The van der Waals surface area contributed by atoms with Crippen molar-refractivity contribution in [3.63, 3.8) is 0 Å². The van der Waals surface area contributed by atoms with E-state index >= 15 is 0 Å². The summed E-state index contributed by atoms with van der Waals surface area (Å²) in [6.45, 7) is 0. The van der Waals surface area contributed by atoms with Crippen molar-refractivity contribution >= 4 is 54.5 Å². The van der Waals surface area contributed by atoms with Crippen LogP contribution in [-0.2, 0) is 4.43 Å². The maximum absolute atomic E-state index is 3.49. The van der Waals surface area contributed by atoms with Crippen LogP contribution in [0, 0.1) is 0 Å². The molecule has 0 amide bonds. The van der Waals surface area contributed by atoms with E-state index in [1.54, 1.807) is 0 Å². The third-order valence-electron chi connectivity index (χ3n) is 1.18. The fourth-order valence-corrected chi connectivity index (χ4v) is 2.62. The van der Waals surface area contributed by atoms with Crippen LogP contribution in [0.25, 0.3) is 0 Å². The van der Waals surface area contributed by atoms with E-state index in [9.17, 15) is 0 Å². The molecule has 0 saturated heterocycles. The molecule has 0 saturated carbocycles. The maximum atomic E-state index is 3.49. The smallest absolute Gasteiger partial charge is 0.0357 e. The largest absolute Gasteiger partial charge is 0.0811 e. The van der Waals surface area contributed by atoms with Gasteiger partial charge in [0.05, 0.1) is 0 Å². The summed E-state index contributed by atoms with van der Waals surface area (Å²) >= 11 is 9.27. The van der Waals surface area contributed by atoms with Crippen LogP contribution in [0.4, 0.5) is 0 Å². The lowest BCUT2D eigenvalue weighted by Gasteiger charge is -2.00. The van der Waals surface area contributed by atoms with Crippen molar-refractivity contribution in [2.24, 2.45) is 0 Å². The highest BCUT2D eigenvalue weighted by atomic mass is 127. The minimum absolute atomic E-state index is 1.04. The highest BCUT2D eigenvalue weighted by Crippen LogP contribution is 2.27. The summed E-state index contributed by atoms with van der Waals surface area (Å²) in [6.07, 6.45) is 0. The Labute approximate surface area is 90.8 Å². The van der Waals surface area contributed by atoms with Crippen LogP contribution >= 0.6 is 54.5 Å². The van der Waals surface area contributed by atoms with Gasteiger partial charge in [-0.2, -0.15) is 0 Å². The minimum atomic E-state index is 1.04. The van der Waals surface area contributed by atoms with Crippen molar-refractivity contribution in [3.05, 3.63) is 32.7 Å². The Morgan fingerprint density at radius 3 is 2.50 bits per heavy atom. The van der Waals surface area contributed by atoms with Gasteiger partial charge in [0.15, 0.2) is 0 Å². The van der Waals surface area contributed by atoms with Gasteiger partial charge >= 0.3 is 0 Å². The molecule has 1 aromatic rings. The second kappa shape index (κ2) is 4.07. The predicted molar refractivity (Wildman–Crippen MR) is 59.6 cm³/mol. The van der Waals surface area contributed by atoms with Gasteiger partial charge in [0.1, 0.15) is 0 Å². The topological polar surface area (TPSA) is 0 Å². The molecule has 0 aromatic heterocycles. The molecule has 1 aromatic carbocycles. The van der Waals surface area contributed by atoms with Crippen LogP contribution in [-0.4, -0.2) is 0 Å². The van der Waals surface area contributed by atoms with Crippen molar-refractivity contribution in [1.82, 2.24) is 0 Å². The molecule has 0 spiro atoms. The molecule has 0 aliphatic heterocycles. The molecule has 10 heavy (non-hydrogen) atoms. The maximum Gasteiger partial charge on any atom is 0.0357 e. The average molecular weight is 376 g/mol. The van der Waals surface area contributed by atoms with Gasteiger partial charge < -0.3 is 0 Å². The molecule has 0 nitrogen and oxygen atoms in total. The molecular formula is C7H5Br2I. The molecule has 3 heteroatoms. The average Bonchev–Trinajstić information content (AvgIpc) is 1.95. The fraction of sp³-hybridized carbons (Fsp3) is 0.143. The van der Waals surface area contributed by atoms with E-state index in [2.05, 4.69) is 60.5 Å². The van der Waals surface area contributed by atoms with E-state index in [-0.39, 0.29) is 0 Å². The highest BCUT2D eigenvalue weighted by molar-refractivity contribution is 14.1. The van der Waals surface area contributed by atoms with Gasteiger partial charge in [0.2, 0.25) is 0 Å². The van der Waals surface area contributed by atoms with E-state index in [1.807, 2.05) is 12.1 Å². The first-order valence-electron chi connectivity index (χ1n) is 2.74. The second-order valence-electron chi connectivity index (χ2n) is 1.85. The van der Waals surface area contributed by atoms with Gasteiger partial charge in [0, 0.05) is 13.4 Å². The molecular weight excluding hydrogens is 371 g/mol. The number of rotatable bonds is 1. The second-order valence-corrected chi connectivity index (χ2v) is 4.26. The molecule has 0 unspecified atom stereocenters. The van der Waals surface area contributed by atoms with Gasteiger partial charge in [-0.05, 0) is 43.5 Å². The number of halogens is 3. The van der Waals surface area contributed by atoms with Crippen molar-refractivity contribution in [2.75, 3.05) is 0 Å². The zero-order chi connectivity index (χ0) is 7.56. The molecule has 0 heterocycles. The molecule has 1 rings (SSSR count). The summed E-state index contributed by atoms with van der Waals surface area (Å²) in [5.41, 5.74) is 1.33. The normalized spacial score (nSPS) is 9.90. The molecule has 0 aliphatic rings. The summed E-state index contributed by atoms with van der Waals surface area (Å²) in [7, 11) is 0. The van der Waals surface area contributed by atoms with Crippen molar-refractivity contribution in [2.45, 2.75) is 4.43 Å². The number of alkyl halides is 1. The lowest BCUT2D eigenvalue weighted by molar-refractivity contribution is 1.39. The third kappa shape index (κ3) is 1.95. The zero-order valence-corrected chi connectivity index (χ0v) is 10.4. The van der Waals surface area contributed by atoms with E-state index in [0.717, 1.165) is 8.90 Å². The lowest BCUT2D eigenvalue weighted by atomic mass is 10.2. The Balaban J connectivity index is 3.14. The SMILES string of the molecule is Brc1cccc(CI)c1Br. The molecule has 0 N–H and O–H groups in total. The van der Waals surface area contributed by atoms with Gasteiger partial charge in [-0.3, -0.25) is 0 Å². The van der Waals surface area contributed by atoms with Crippen LogP contribution < -0.4 is 0 Å². The van der Waals surface area contributed by atoms with Gasteiger partial charge in [-0.1, -0.05) is 34.7 Å². The molecule has 0 aliphatic carbocycles. The molecule has 0 fully saturated rings. The van der Waals surface area contributed by atoms with Gasteiger partial charge in [0.25, 0.3) is 0 Å². The Bertz CT molecular complexity index is 235. The van der Waals surface area contributed by atoms with E-state index in [0.29, 0.717) is 0 Å². The Hall–Kier alpha value is 0.910. The fourth-order valence-electron chi connectivity index (χ4n) is 0.652. The first kappa shape index (κ1) is 9.00. The van der Waals surface area contributed by atoms with Gasteiger partial charge in [-0.15, -0.1) is 0 Å². The summed E-state index contributed by atoms with van der Waals surface area (Å²) in [6, 6.07) is 6.18. The van der Waals surface area contributed by atoms with Crippen LogP contribution in [0.5, 0.6) is 0 Å². The predicted octanol–water partition coefficient (Wildman–Crippen LogP) is 4.15. The molecule has 54 valence electrons. The highest BCUT2D eigenvalue weighted by Gasteiger charge is 1.99. The Morgan fingerprint density at radius 2 is 2.00 bits per heavy atom. The standard InChI is InChI=1S/C7H5Br2I/c8-6-3-1-2-5(4-10)7(6)9/h1-3H,4H2. The van der Waals surface area contributed by atoms with Crippen LogP contribution in [0.15, 0.2) is 27.1 Å². The molecule has 0 bridgehead atoms. The summed E-state index contributed by atoms with van der Waals surface area (Å²) in [4.78, 5) is 0.